The number of nitrogens with zero attached hydrogens (tertiary/aromatic N) is 2. The molecule has 1 heterocycles. The Balaban J connectivity index is 2.34. The molecule has 0 unspecified atom stereocenters. The average Bonchev–Trinajstić information content (AvgIpc) is 3.03. The van der Waals surface area contributed by atoms with Gasteiger partial charge in [-0.05, 0) is 50.6 Å². The van der Waals surface area contributed by atoms with Crippen LogP contribution in [-0.4, -0.2) is 35.5 Å². The van der Waals surface area contributed by atoms with Gasteiger partial charge in [0.2, 0.25) is 0 Å². The number of carboxylic acids is 1. The molecule has 0 aliphatic rings. The number of aromatic carboxylic acids is 1. The van der Waals surface area contributed by atoms with Crippen molar-refractivity contribution < 1.29 is 18.3 Å². The third kappa shape index (κ3) is 4.21. The highest BCUT2D eigenvalue weighted by atomic mass is 35.5. The number of hydrogen-bond acceptors (Lipinski definition) is 4. The highest BCUT2D eigenvalue weighted by Crippen LogP contribution is 2.37. The molecule has 8 heteroatoms. The summed E-state index contributed by atoms with van der Waals surface area (Å²) in [5.41, 5.74) is 1.66. The van der Waals surface area contributed by atoms with E-state index in [0.717, 1.165) is 6.26 Å². The monoisotopic (exact) mass is 432 g/mol. The molecule has 1 aromatic heterocycles. The van der Waals surface area contributed by atoms with E-state index in [0.29, 0.717) is 27.4 Å². The number of carbonyl (C=O) groups is 1. The summed E-state index contributed by atoms with van der Waals surface area (Å²) in [4.78, 5) is 12.4. The molecule has 3 rings (SSSR count). The smallest absolute Gasteiger partial charge is 0.354 e. The van der Waals surface area contributed by atoms with Crippen molar-refractivity contribution in [1.29, 1.82) is 0 Å². The van der Waals surface area contributed by atoms with Crippen LogP contribution in [0.2, 0.25) is 5.02 Å². The van der Waals surface area contributed by atoms with E-state index in [1.165, 1.54) is 16.8 Å². The zero-order valence-electron chi connectivity index (χ0n) is 16.5. The Morgan fingerprint density at radius 1 is 1.00 bits per heavy atom. The largest absolute Gasteiger partial charge is 0.477 e. The molecule has 6 nitrogen and oxygen atoms in total. The zero-order chi connectivity index (χ0) is 21.6. The minimum Gasteiger partial charge on any atom is -0.477 e. The van der Waals surface area contributed by atoms with E-state index >= 15 is 0 Å². The van der Waals surface area contributed by atoms with Crippen LogP contribution in [0.15, 0.2) is 53.4 Å². The molecule has 29 heavy (non-hydrogen) atoms. The summed E-state index contributed by atoms with van der Waals surface area (Å²) in [6.45, 7) is 5.61. The van der Waals surface area contributed by atoms with Crippen molar-refractivity contribution in [2.75, 3.05) is 6.26 Å². The summed E-state index contributed by atoms with van der Waals surface area (Å²) in [6.07, 6.45) is 1.14. The van der Waals surface area contributed by atoms with Gasteiger partial charge in [0.05, 0.1) is 10.4 Å². The molecule has 0 saturated carbocycles. The second-order valence-electron chi connectivity index (χ2n) is 7.76. The molecule has 0 atom stereocenters. The molecule has 152 valence electrons. The maximum Gasteiger partial charge on any atom is 0.354 e. The molecular formula is C21H21ClN2O4S. The average molecular weight is 433 g/mol. The third-order valence-corrected chi connectivity index (χ3v) is 5.79. The number of aromatic nitrogens is 2. The molecule has 0 aliphatic carbocycles. The van der Waals surface area contributed by atoms with Gasteiger partial charge in [-0.1, -0.05) is 35.9 Å². The van der Waals surface area contributed by atoms with Gasteiger partial charge in [-0.25, -0.2) is 13.2 Å². The minimum absolute atomic E-state index is 0.0574. The zero-order valence-corrected chi connectivity index (χ0v) is 18.0. The summed E-state index contributed by atoms with van der Waals surface area (Å²) in [5.74, 6) is -1.10. The van der Waals surface area contributed by atoms with Gasteiger partial charge in [0.1, 0.15) is 5.69 Å². The van der Waals surface area contributed by atoms with Crippen LogP contribution in [0.25, 0.3) is 22.4 Å². The van der Waals surface area contributed by atoms with Crippen LogP contribution in [0.1, 0.15) is 31.3 Å². The highest BCUT2D eigenvalue weighted by Gasteiger charge is 2.30. The maximum absolute atomic E-state index is 12.2. The lowest BCUT2D eigenvalue weighted by Crippen LogP contribution is -2.27. The topological polar surface area (TPSA) is 89.3 Å². The molecule has 0 radical (unpaired) electrons. The maximum atomic E-state index is 12.2. The van der Waals surface area contributed by atoms with Gasteiger partial charge in [-0.3, -0.25) is 4.68 Å². The van der Waals surface area contributed by atoms with E-state index < -0.39 is 21.3 Å². The molecule has 0 amide bonds. The summed E-state index contributed by atoms with van der Waals surface area (Å²) in [7, 11) is -3.34. The summed E-state index contributed by atoms with van der Waals surface area (Å²) < 4.78 is 25.0. The Labute approximate surface area is 174 Å². The quantitative estimate of drug-likeness (QED) is 0.643. The first-order valence-corrected chi connectivity index (χ1v) is 11.1. The molecule has 3 aromatic rings. The van der Waals surface area contributed by atoms with E-state index in [4.69, 9.17) is 11.6 Å². The van der Waals surface area contributed by atoms with Crippen molar-refractivity contribution in [3.05, 3.63) is 59.2 Å². The minimum atomic E-state index is -3.34. The third-order valence-electron chi connectivity index (χ3n) is 4.41. The number of halogens is 1. The van der Waals surface area contributed by atoms with Crippen molar-refractivity contribution in [1.82, 2.24) is 9.78 Å². The number of rotatable bonds is 4. The molecule has 0 saturated heterocycles. The standard InChI is InChI=1S/C21H21ClN2O4S/c1-21(2,3)24-19(20(25)26)17(13-5-9-15(22)10-6-13)18(23-24)14-7-11-16(12-8-14)29(4,27)28/h5-12H,1-4H3,(H,25,26). The van der Waals surface area contributed by atoms with E-state index in [1.807, 2.05) is 20.8 Å². The Kier molecular flexibility index (Phi) is 5.32. The normalized spacial score (nSPS) is 12.2. The van der Waals surface area contributed by atoms with Crippen LogP contribution in [0.4, 0.5) is 0 Å². The van der Waals surface area contributed by atoms with Crippen LogP contribution in [0, 0.1) is 0 Å². The fourth-order valence-electron chi connectivity index (χ4n) is 3.05. The number of carboxylic acid groups (broad SMARTS) is 1. The van der Waals surface area contributed by atoms with Crippen molar-refractivity contribution >= 4 is 27.4 Å². The van der Waals surface area contributed by atoms with Crippen LogP contribution in [-0.2, 0) is 15.4 Å². The number of hydrogen-bond donors (Lipinski definition) is 1. The molecule has 0 spiro atoms. The molecule has 0 aliphatic heterocycles. The summed E-state index contributed by atoms with van der Waals surface area (Å²) >= 11 is 6.00. The second kappa shape index (κ2) is 7.31. The molecule has 2 aromatic carbocycles. The van der Waals surface area contributed by atoms with Crippen molar-refractivity contribution in [2.45, 2.75) is 31.2 Å². The number of sulfone groups is 1. The highest BCUT2D eigenvalue weighted by molar-refractivity contribution is 7.90. The van der Waals surface area contributed by atoms with E-state index in [2.05, 4.69) is 5.10 Å². The number of benzene rings is 2. The van der Waals surface area contributed by atoms with Crippen molar-refractivity contribution in [2.24, 2.45) is 0 Å². The Morgan fingerprint density at radius 3 is 1.97 bits per heavy atom. The van der Waals surface area contributed by atoms with E-state index in [9.17, 15) is 18.3 Å². The van der Waals surface area contributed by atoms with Crippen molar-refractivity contribution in [3.8, 4) is 22.4 Å². The SMILES string of the molecule is CC(C)(C)n1nc(-c2ccc(S(C)(=O)=O)cc2)c(-c2ccc(Cl)cc2)c1C(=O)O. The first-order valence-electron chi connectivity index (χ1n) is 8.83. The van der Waals surface area contributed by atoms with Gasteiger partial charge >= 0.3 is 5.97 Å². The van der Waals surface area contributed by atoms with Gasteiger partial charge in [0.15, 0.2) is 15.5 Å². The Bertz CT molecular complexity index is 1170. The van der Waals surface area contributed by atoms with E-state index in [-0.39, 0.29) is 10.6 Å². The van der Waals surface area contributed by atoms with E-state index in [1.54, 1.807) is 36.4 Å². The summed E-state index contributed by atoms with van der Waals surface area (Å²) in [6, 6.07) is 13.1. The Hall–Kier alpha value is -2.64. The van der Waals surface area contributed by atoms with Crippen LogP contribution < -0.4 is 0 Å². The van der Waals surface area contributed by atoms with Crippen LogP contribution >= 0.6 is 11.6 Å². The molecular weight excluding hydrogens is 412 g/mol. The van der Waals surface area contributed by atoms with Gasteiger partial charge in [0.25, 0.3) is 0 Å². The Morgan fingerprint density at radius 2 is 1.52 bits per heavy atom. The lowest BCUT2D eigenvalue weighted by molar-refractivity contribution is 0.0675. The first kappa shape index (κ1) is 21.1. The lowest BCUT2D eigenvalue weighted by atomic mass is 9.98. The first-order chi connectivity index (χ1) is 13.4. The lowest BCUT2D eigenvalue weighted by Gasteiger charge is -2.21. The second-order valence-corrected chi connectivity index (χ2v) is 10.2. The van der Waals surface area contributed by atoms with Gasteiger partial charge in [-0.15, -0.1) is 0 Å². The molecule has 0 bridgehead atoms. The predicted molar refractivity (Wildman–Crippen MR) is 113 cm³/mol. The fourth-order valence-corrected chi connectivity index (χ4v) is 3.81. The van der Waals surface area contributed by atoms with Crippen molar-refractivity contribution in [3.63, 3.8) is 0 Å². The molecule has 1 N–H and O–H groups in total. The van der Waals surface area contributed by atoms with Gasteiger partial charge in [0, 0.05) is 22.4 Å². The van der Waals surface area contributed by atoms with Gasteiger partial charge in [-0.2, -0.15) is 5.10 Å². The van der Waals surface area contributed by atoms with Crippen LogP contribution in [0.5, 0.6) is 0 Å². The fraction of sp³-hybridized carbons (Fsp3) is 0.238. The summed E-state index contributed by atoms with van der Waals surface area (Å²) in [5, 5.41) is 15.1. The molecule has 0 fully saturated rings. The van der Waals surface area contributed by atoms with Crippen LogP contribution in [0.3, 0.4) is 0 Å². The van der Waals surface area contributed by atoms with Gasteiger partial charge < -0.3 is 5.11 Å². The predicted octanol–water partition coefficient (Wildman–Crippen LogP) is 4.73.